The van der Waals surface area contributed by atoms with Crippen LogP contribution in [0.1, 0.15) is 0 Å². The fourth-order valence-electron chi connectivity index (χ4n) is 1.68. The second-order valence-electron chi connectivity index (χ2n) is 3.35. The summed E-state index contributed by atoms with van der Waals surface area (Å²) < 4.78 is 1.77. The van der Waals surface area contributed by atoms with Gasteiger partial charge in [0, 0.05) is 24.5 Å². The molecule has 6 nitrogen and oxygen atoms in total. The first-order valence-electron chi connectivity index (χ1n) is 4.62. The smallest absolute Gasteiger partial charge is 0.271 e. The highest BCUT2D eigenvalue weighted by Gasteiger charge is 2.10. The highest BCUT2D eigenvalue weighted by molar-refractivity contribution is 5.82. The summed E-state index contributed by atoms with van der Waals surface area (Å²) >= 11 is 0. The van der Waals surface area contributed by atoms with E-state index >= 15 is 0 Å². The minimum atomic E-state index is -0.417. The van der Waals surface area contributed by atoms with Gasteiger partial charge in [0.15, 0.2) is 5.65 Å². The van der Waals surface area contributed by atoms with Gasteiger partial charge in [-0.05, 0) is 6.07 Å². The first kappa shape index (κ1) is 8.78. The zero-order chi connectivity index (χ0) is 11.1. The summed E-state index contributed by atoms with van der Waals surface area (Å²) in [7, 11) is 0. The van der Waals surface area contributed by atoms with Crippen LogP contribution in [0.4, 0.5) is 5.69 Å². The molecule has 2 heterocycles. The maximum atomic E-state index is 10.7. The molecule has 0 aliphatic heterocycles. The molecule has 16 heavy (non-hydrogen) atoms. The number of benzene rings is 1. The molecule has 0 radical (unpaired) electrons. The van der Waals surface area contributed by atoms with Crippen LogP contribution >= 0.6 is 0 Å². The lowest BCUT2D eigenvalue weighted by Gasteiger charge is -1.93. The van der Waals surface area contributed by atoms with E-state index in [1.54, 1.807) is 29.1 Å². The predicted octanol–water partition coefficient (Wildman–Crippen LogP) is 1.79. The third kappa shape index (κ3) is 1.13. The van der Waals surface area contributed by atoms with Crippen molar-refractivity contribution in [1.29, 1.82) is 0 Å². The minimum absolute atomic E-state index is 0.0612. The van der Waals surface area contributed by atoms with E-state index in [-0.39, 0.29) is 5.69 Å². The Morgan fingerprint density at radius 2 is 2.25 bits per heavy atom. The topological polar surface area (TPSA) is 73.3 Å². The molecule has 0 spiro atoms. The van der Waals surface area contributed by atoms with Crippen molar-refractivity contribution in [2.24, 2.45) is 0 Å². The second-order valence-corrected chi connectivity index (χ2v) is 3.35. The zero-order valence-electron chi connectivity index (χ0n) is 8.07. The van der Waals surface area contributed by atoms with E-state index in [1.807, 2.05) is 0 Å². The molecule has 6 heteroatoms. The standard InChI is InChI=1S/C10H6N4O2/c15-14(16)7-1-2-8-9(5-7)13-4-3-11-6-10(13)12-8/h1-6H. The maximum absolute atomic E-state index is 10.7. The van der Waals surface area contributed by atoms with E-state index in [0.29, 0.717) is 11.2 Å². The Balaban J connectivity index is 2.44. The molecule has 0 aliphatic rings. The molecule has 0 fully saturated rings. The third-order valence-electron chi connectivity index (χ3n) is 2.40. The van der Waals surface area contributed by atoms with Crippen molar-refractivity contribution in [1.82, 2.24) is 14.4 Å². The molecule has 3 rings (SSSR count). The number of nitro benzene ring substituents is 1. The van der Waals surface area contributed by atoms with E-state index < -0.39 is 4.92 Å². The van der Waals surface area contributed by atoms with Gasteiger partial charge in [0.2, 0.25) is 0 Å². The van der Waals surface area contributed by atoms with Crippen molar-refractivity contribution in [2.45, 2.75) is 0 Å². The average Bonchev–Trinajstić information content (AvgIpc) is 2.66. The van der Waals surface area contributed by atoms with Gasteiger partial charge in [-0.1, -0.05) is 0 Å². The first-order valence-corrected chi connectivity index (χ1v) is 4.62. The van der Waals surface area contributed by atoms with Crippen LogP contribution < -0.4 is 0 Å². The van der Waals surface area contributed by atoms with Gasteiger partial charge in [-0.2, -0.15) is 0 Å². The largest absolute Gasteiger partial charge is 0.297 e. The van der Waals surface area contributed by atoms with E-state index in [1.165, 1.54) is 12.1 Å². The van der Waals surface area contributed by atoms with Crippen LogP contribution in [0.15, 0.2) is 36.8 Å². The van der Waals surface area contributed by atoms with Gasteiger partial charge in [-0.15, -0.1) is 0 Å². The van der Waals surface area contributed by atoms with Crippen molar-refractivity contribution >= 4 is 22.4 Å². The molecule has 1 aromatic carbocycles. The number of nitro groups is 1. The highest BCUT2D eigenvalue weighted by Crippen LogP contribution is 2.21. The highest BCUT2D eigenvalue weighted by atomic mass is 16.6. The molecule has 0 aliphatic carbocycles. The van der Waals surface area contributed by atoms with Crippen molar-refractivity contribution in [3.63, 3.8) is 0 Å². The van der Waals surface area contributed by atoms with Gasteiger partial charge >= 0.3 is 0 Å². The Morgan fingerprint density at radius 1 is 1.38 bits per heavy atom. The normalized spacial score (nSPS) is 11.0. The summed E-state index contributed by atoms with van der Waals surface area (Å²) in [5.41, 5.74) is 2.18. The summed E-state index contributed by atoms with van der Waals surface area (Å²) in [5.74, 6) is 0. The van der Waals surface area contributed by atoms with Crippen molar-refractivity contribution in [3.05, 3.63) is 46.9 Å². The first-order chi connectivity index (χ1) is 7.75. The van der Waals surface area contributed by atoms with Crippen LogP contribution in [0.2, 0.25) is 0 Å². The van der Waals surface area contributed by atoms with E-state index in [2.05, 4.69) is 9.97 Å². The number of fused-ring (bicyclic) bond motifs is 3. The number of non-ortho nitro benzene ring substituents is 1. The van der Waals surface area contributed by atoms with Crippen LogP contribution in [-0.4, -0.2) is 19.3 Å². The van der Waals surface area contributed by atoms with Crippen molar-refractivity contribution < 1.29 is 4.92 Å². The van der Waals surface area contributed by atoms with Gasteiger partial charge in [0.05, 0.1) is 22.2 Å². The summed E-state index contributed by atoms with van der Waals surface area (Å²) in [5, 5.41) is 10.7. The summed E-state index contributed by atoms with van der Waals surface area (Å²) in [6.07, 6.45) is 4.97. The molecule has 3 aromatic rings. The molecule has 0 atom stereocenters. The van der Waals surface area contributed by atoms with E-state index in [0.717, 1.165) is 5.52 Å². The van der Waals surface area contributed by atoms with Gasteiger partial charge in [-0.25, -0.2) is 4.98 Å². The third-order valence-corrected chi connectivity index (χ3v) is 2.40. The van der Waals surface area contributed by atoms with Gasteiger partial charge in [0.25, 0.3) is 5.69 Å². The molecular weight excluding hydrogens is 208 g/mol. The fourth-order valence-corrected chi connectivity index (χ4v) is 1.68. The molecular formula is C10H6N4O2. The quantitative estimate of drug-likeness (QED) is 0.457. The van der Waals surface area contributed by atoms with Gasteiger partial charge < -0.3 is 0 Å². The number of hydrogen-bond donors (Lipinski definition) is 0. The molecule has 0 amide bonds. The lowest BCUT2D eigenvalue weighted by molar-refractivity contribution is -0.384. The number of nitrogens with zero attached hydrogens (tertiary/aromatic N) is 4. The van der Waals surface area contributed by atoms with Crippen LogP contribution in [0.3, 0.4) is 0 Å². The van der Waals surface area contributed by atoms with Crippen LogP contribution in [-0.2, 0) is 0 Å². The molecule has 0 saturated heterocycles. The monoisotopic (exact) mass is 214 g/mol. The number of aromatic nitrogens is 3. The molecule has 2 aromatic heterocycles. The molecule has 78 valence electrons. The molecule has 0 N–H and O–H groups in total. The predicted molar refractivity (Wildman–Crippen MR) is 57.1 cm³/mol. The number of hydrogen-bond acceptors (Lipinski definition) is 4. The van der Waals surface area contributed by atoms with Crippen LogP contribution in [0.25, 0.3) is 16.7 Å². The van der Waals surface area contributed by atoms with Crippen molar-refractivity contribution in [3.8, 4) is 0 Å². The summed E-state index contributed by atoms with van der Waals surface area (Å²) in [6, 6.07) is 4.60. The molecule has 0 bridgehead atoms. The van der Waals surface area contributed by atoms with E-state index in [9.17, 15) is 10.1 Å². The van der Waals surface area contributed by atoms with Crippen LogP contribution in [0, 0.1) is 10.1 Å². The maximum Gasteiger partial charge on any atom is 0.271 e. The lowest BCUT2D eigenvalue weighted by atomic mass is 10.3. The zero-order valence-corrected chi connectivity index (χ0v) is 8.07. The molecule has 0 saturated carbocycles. The van der Waals surface area contributed by atoms with E-state index in [4.69, 9.17) is 0 Å². The fraction of sp³-hybridized carbons (Fsp3) is 0. The van der Waals surface area contributed by atoms with Gasteiger partial charge in [0.1, 0.15) is 0 Å². The Bertz CT molecular complexity index is 704. The minimum Gasteiger partial charge on any atom is -0.297 e. The number of imidazole rings is 1. The van der Waals surface area contributed by atoms with Crippen molar-refractivity contribution in [2.75, 3.05) is 0 Å². The Morgan fingerprint density at radius 3 is 3.06 bits per heavy atom. The lowest BCUT2D eigenvalue weighted by Crippen LogP contribution is -1.88. The SMILES string of the molecule is O=[N+]([O-])c1ccc2nc3cnccn3c2c1. The Kier molecular flexibility index (Phi) is 1.64. The Labute approximate surface area is 89.3 Å². The average molecular weight is 214 g/mol. The van der Waals surface area contributed by atoms with Crippen LogP contribution in [0.5, 0.6) is 0 Å². The molecule has 0 unspecified atom stereocenters. The Hall–Kier alpha value is -2.50. The van der Waals surface area contributed by atoms with Gasteiger partial charge in [-0.3, -0.25) is 19.5 Å². The second kappa shape index (κ2) is 2.99. The summed E-state index contributed by atoms with van der Waals surface area (Å²) in [6.45, 7) is 0. The summed E-state index contributed by atoms with van der Waals surface area (Å²) in [4.78, 5) is 18.5. The number of rotatable bonds is 1.